The summed E-state index contributed by atoms with van der Waals surface area (Å²) in [5.74, 6) is 2.77. The van der Waals surface area contributed by atoms with Crippen molar-refractivity contribution in [3.8, 4) is 0 Å². The first-order chi connectivity index (χ1) is 7.72. The third-order valence-corrected chi connectivity index (χ3v) is 4.08. The van der Waals surface area contributed by atoms with Crippen LogP contribution in [-0.2, 0) is 5.33 Å². The number of nitrogens with zero attached hydrogens (tertiary/aromatic N) is 2. The highest BCUT2D eigenvalue weighted by Crippen LogP contribution is 2.29. The average molecular weight is 283 g/mol. The van der Waals surface area contributed by atoms with Crippen molar-refractivity contribution in [3.63, 3.8) is 0 Å². The van der Waals surface area contributed by atoms with Gasteiger partial charge in [-0.25, -0.2) is 4.98 Å². The fraction of sp³-hybridized carbons (Fsp3) is 0.615. The van der Waals surface area contributed by atoms with Gasteiger partial charge in [-0.2, -0.15) is 0 Å². The lowest BCUT2D eigenvalue weighted by atomic mass is 9.95. The molecule has 2 rings (SSSR count). The molecule has 0 bridgehead atoms. The monoisotopic (exact) mass is 282 g/mol. The lowest BCUT2D eigenvalue weighted by molar-refractivity contribution is 0.422. The van der Waals surface area contributed by atoms with Gasteiger partial charge >= 0.3 is 0 Å². The zero-order valence-electron chi connectivity index (χ0n) is 9.99. The number of anilines is 1. The van der Waals surface area contributed by atoms with Gasteiger partial charge in [-0.15, -0.1) is 0 Å². The Morgan fingerprint density at radius 1 is 1.56 bits per heavy atom. The maximum atomic E-state index is 4.52. The summed E-state index contributed by atoms with van der Waals surface area (Å²) in [4.78, 5) is 6.95. The van der Waals surface area contributed by atoms with Crippen molar-refractivity contribution in [1.82, 2.24) is 4.98 Å². The van der Waals surface area contributed by atoms with Gasteiger partial charge in [0.2, 0.25) is 0 Å². The molecule has 0 aliphatic carbocycles. The SMILES string of the molecule is CC(C)C1CCN(c2ncccc2CBr)C1. The predicted molar refractivity (Wildman–Crippen MR) is 72.0 cm³/mol. The maximum absolute atomic E-state index is 4.52. The van der Waals surface area contributed by atoms with Gasteiger partial charge in [0.05, 0.1) is 0 Å². The Kier molecular flexibility index (Phi) is 3.85. The van der Waals surface area contributed by atoms with Crippen LogP contribution in [0, 0.1) is 11.8 Å². The van der Waals surface area contributed by atoms with Crippen LogP contribution in [0.25, 0.3) is 0 Å². The smallest absolute Gasteiger partial charge is 0.132 e. The van der Waals surface area contributed by atoms with E-state index in [1.807, 2.05) is 12.3 Å². The summed E-state index contributed by atoms with van der Waals surface area (Å²) >= 11 is 3.53. The van der Waals surface area contributed by atoms with E-state index in [1.165, 1.54) is 17.8 Å². The molecule has 1 aromatic heterocycles. The van der Waals surface area contributed by atoms with E-state index in [4.69, 9.17) is 0 Å². The van der Waals surface area contributed by atoms with E-state index in [0.29, 0.717) is 0 Å². The summed E-state index contributed by atoms with van der Waals surface area (Å²) in [6, 6.07) is 4.16. The van der Waals surface area contributed by atoms with E-state index < -0.39 is 0 Å². The molecular formula is C13H19BrN2. The summed E-state index contributed by atoms with van der Waals surface area (Å²) < 4.78 is 0. The molecule has 0 N–H and O–H groups in total. The standard InChI is InChI=1S/C13H19BrN2/c1-10(2)12-5-7-16(9-12)13-11(8-14)4-3-6-15-13/h3-4,6,10,12H,5,7-9H2,1-2H3. The van der Waals surface area contributed by atoms with Crippen molar-refractivity contribution < 1.29 is 0 Å². The molecule has 1 aliphatic heterocycles. The van der Waals surface area contributed by atoms with E-state index in [0.717, 1.165) is 30.3 Å². The van der Waals surface area contributed by atoms with Gasteiger partial charge in [0.1, 0.15) is 5.82 Å². The fourth-order valence-corrected chi connectivity index (χ4v) is 2.78. The molecule has 0 amide bonds. The first-order valence-electron chi connectivity index (χ1n) is 5.97. The van der Waals surface area contributed by atoms with Crippen LogP contribution in [0.3, 0.4) is 0 Å². The highest BCUT2D eigenvalue weighted by atomic mass is 79.9. The Morgan fingerprint density at radius 2 is 2.38 bits per heavy atom. The third kappa shape index (κ3) is 2.40. The number of aromatic nitrogens is 1. The summed E-state index contributed by atoms with van der Waals surface area (Å²) in [7, 11) is 0. The van der Waals surface area contributed by atoms with E-state index >= 15 is 0 Å². The highest BCUT2D eigenvalue weighted by Gasteiger charge is 2.26. The van der Waals surface area contributed by atoms with E-state index in [1.54, 1.807) is 0 Å². The van der Waals surface area contributed by atoms with Gasteiger partial charge in [0.15, 0.2) is 0 Å². The van der Waals surface area contributed by atoms with Crippen LogP contribution in [0.2, 0.25) is 0 Å². The zero-order valence-corrected chi connectivity index (χ0v) is 11.6. The normalized spacial score (nSPS) is 20.8. The zero-order chi connectivity index (χ0) is 11.5. The molecule has 0 radical (unpaired) electrons. The van der Waals surface area contributed by atoms with E-state index in [-0.39, 0.29) is 0 Å². The van der Waals surface area contributed by atoms with Crippen LogP contribution in [0.1, 0.15) is 25.8 Å². The lowest BCUT2D eigenvalue weighted by Gasteiger charge is -2.21. The summed E-state index contributed by atoms with van der Waals surface area (Å²) in [6.45, 7) is 6.95. The van der Waals surface area contributed by atoms with Crippen molar-refractivity contribution in [1.29, 1.82) is 0 Å². The van der Waals surface area contributed by atoms with Gasteiger partial charge in [-0.05, 0) is 24.3 Å². The Labute approximate surface area is 106 Å². The molecule has 0 spiro atoms. The Hall–Kier alpha value is -0.570. The second-order valence-corrected chi connectivity index (χ2v) is 5.42. The molecule has 0 saturated carbocycles. The lowest BCUT2D eigenvalue weighted by Crippen LogP contribution is -2.23. The fourth-order valence-electron chi connectivity index (χ4n) is 2.34. The van der Waals surface area contributed by atoms with Crippen LogP contribution in [0.4, 0.5) is 5.82 Å². The molecule has 1 aliphatic rings. The number of pyridine rings is 1. The number of hydrogen-bond donors (Lipinski definition) is 0. The van der Waals surface area contributed by atoms with Crippen molar-refractivity contribution in [3.05, 3.63) is 23.9 Å². The largest absolute Gasteiger partial charge is 0.356 e. The number of hydrogen-bond acceptors (Lipinski definition) is 2. The molecule has 88 valence electrons. The molecule has 3 heteroatoms. The Balaban J connectivity index is 2.14. The topological polar surface area (TPSA) is 16.1 Å². The number of alkyl halides is 1. The van der Waals surface area contributed by atoms with E-state index in [2.05, 4.69) is 45.7 Å². The van der Waals surface area contributed by atoms with Crippen molar-refractivity contribution >= 4 is 21.7 Å². The quantitative estimate of drug-likeness (QED) is 0.790. The molecular weight excluding hydrogens is 264 g/mol. The minimum Gasteiger partial charge on any atom is -0.356 e. The summed E-state index contributed by atoms with van der Waals surface area (Å²) in [5, 5.41) is 0.888. The van der Waals surface area contributed by atoms with Gasteiger partial charge in [0.25, 0.3) is 0 Å². The average Bonchev–Trinajstić information content (AvgIpc) is 2.78. The predicted octanol–water partition coefficient (Wildman–Crippen LogP) is 3.46. The molecule has 1 aromatic rings. The molecule has 16 heavy (non-hydrogen) atoms. The van der Waals surface area contributed by atoms with Crippen molar-refractivity contribution in [2.24, 2.45) is 11.8 Å². The van der Waals surface area contributed by atoms with Crippen LogP contribution in [0.15, 0.2) is 18.3 Å². The van der Waals surface area contributed by atoms with Gasteiger partial charge < -0.3 is 4.90 Å². The number of halogens is 1. The van der Waals surface area contributed by atoms with Crippen LogP contribution < -0.4 is 4.90 Å². The number of rotatable bonds is 3. The van der Waals surface area contributed by atoms with Gasteiger partial charge in [-0.3, -0.25) is 0 Å². The minimum absolute atomic E-state index is 0.779. The van der Waals surface area contributed by atoms with Crippen LogP contribution >= 0.6 is 15.9 Å². The minimum atomic E-state index is 0.779. The maximum Gasteiger partial charge on any atom is 0.132 e. The summed E-state index contributed by atoms with van der Waals surface area (Å²) in [5.41, 5.74) is 1.30. The molecule has 0 aromatic carbocycles. The Bertz CT molecular complexity index is 352. The van der Waals surface area contributed by atoms with E-state index in [9.17, 15) is 0 Å². The van der Waals surface area contributed by atoms with Crippen molar-refractivity contribution in [2.75, 3.05) is 18.0 Å². The molecule has 2 nitrogen and oxygen atoms in total. The highest BCUT2D eigenvalue weighted by molar-refractivity contribution is 9.08. The first kappa shape index (κ1) is 11.9. The Morgan fingerprint density at radius 3 is 3.00 bits per heavy atom. The molecule has 1 unspecified atom stereocenters. The molecule has 1 atom stereocenters. The second-order valence-electron chi connectivity index (χ2n) is 4.86. The second kappa shape index (κ2) is 5.17. The molecule has 2 heterocycles. The third-order valence-electron chi connectivity index (χ3n) is 3.48. The first-order valence-corrected chi connectivity index (χ1v) is 7.09. The van der Waals surface area contributed by atoms with Crippen LogP contribution in [0.5, 0.6) is 0 Å². The summed E-state index contributed by atoms with van der Waals surface area (Å²) in [6.07, 6.45) is 3.19. The molecule has 1 saturated heterocycles. The van der Waals surface area contributed by atoms with Crippen molar-refractivity contribution in [2.45, 2.75) is 25.6 Å². The molecule has 1 fully saturated rings. The van der Waals surface area contributed by atoms with Gasteiger partial charge in [-0.1, -0.05) is 35.8 Å². The van der Waals surface area contributed by atoms with Gasteiger partial charge in [0, 0.05) is 30.2 Å². The van der Waals surface area contributed by atoms with Crippen LogP contribution in [-0.4, -0.2) is 18.1 Å².